The average Bonchev–Trinajstić information content (AvgIpc) is 3.33. The van der Waals surface area contributed by atoms with Gasteiger partial charge in [-0.1, -0.05) is 59.4 Å². The van der Waals surface area contributed by atoms with Gasteiger partial charge in [0.05, 0.1) is 28.0 Å². The minimum absolute atomic E-state index is 0.216. The van der Waals surface area contributed by atoms with E-state index in [0.29, 0.717) is 5.69 Å². The van der Waals surface area contributed by atoms with E-state index < -0.39 is 23.3 Å². The van der Waals surface area contributed by atoms with Gasteiger partial charge in [-0.25, -0.2) is 9.67 Å². The van der Waals surface area contributed by atoms with Crippen molar-refractivity contribution in [1.29, 1.82) is 0 Å². The second-order valence-electron chi connectivity index (χ2n) is 6.91. The normalized spacial score (nSPS) is 11.5. The van der Waals surface area contributed by atoms with Gasteiger partial charge in [0.2, 0.25) is 0 Å². The van der Waals surface area contributed by atoms with Gasteiger partial charge >= 0.3 is 6.18 Å². The maximum Gasteiger partial charge on any atom is 0.434 e. The first-order valence-electron chi connectivity index (χ1n) is 9.30. The Morgan fingerprint density at radius 3 is 2.35 bits per heavy atom. The van der Waals surface area contributed by atoms with Crippen LogP contribution in [-0.2, 0) is 6.18 Å². The molecule has 1 amide bonds. The van der Waals surface area contributed by atoms with Crippen LogP contribution < -0.4 is 5.32 Å². The van der Waals surface area contributed by atoms with Crippen molar-refractivity contribution in [2.24, 2.45) is 0 Å². The highest BCUT2D eigenvalue weighted by molar-refractivity contribution is 7.19. The van der Waals surface area contributed by atoms with E-state index in [4.69, 9.17) is 0 Å². The molecule has 9 heteroatoms. The second-order valence-corrected chi connectivity index (χ2v) is 7.90. The summed E-state index contributed by atoms with van der Waals surface area (Å²) in [4.78, 5) is 17.9. The molecule has 0 fully saturated rings. The smallest absolute Gasteiger partial charge is 0.298 e. The fourth-order valence-corrected chi connectivity index (χ4v) is 4.11. The summed E-state index contributed by atoms with van der Waals surface area (Å²) in [5.74, 6) is -0.918. The van der Waals surface area contributed by atoms with Crippen molar-refractivity contribution in [3.8, 4) is 16.1 Å². The maximum atomic E-state index is 13.8. The van der Waals surface area contributed by atoms with Gasteiger partial charge in [-0.3, -0.25) is 10.1 Å². The number of carbonyl (C=O) groups excluding carboxylic acids is 1. The van der Waals surface area contributed by atoms with E-state index in [1.165, 1.54) is 23.5 Å². The van der Waals surface area contributed by atoms with Crippen molar-refractivity contribution >= 4 is 22.4 Å². The molecule has 0 bridgehead atoms. The first kappa shape index (κ1) is 20.8. The largest absolute Gasteiger partial charge is 0.434 e. The molecule has 0 aliphatic rings. The zero-order valence-corrected chi connectivity index (χ0v) is 17.4. The van der Waals surface area contributed by atoms with Crippen molar-refractivity contribution in [1.82, 2.24) is 14.8 Å². The standard InChI is InChI=1S/C22H17F3N4OS/c1-13-8-10-16(11-9-13)29-19(22(23,24)25)17(12-26-29)20(30)28-21-27-14(2)18(31-21)15-6-4-3-5-7-15/h3-12H,1-2H3,(H,27,28,30). The zero-order valence-electron chi connectivity index (χ0n) is 16.6. The average molecular weight is 442 g/mol. The number of hydrogen-bond acceptors (Lipinski definition) is 4. The third-order valence-corrected chi connectivity index (χ3v) is 5.74. The number of carbonyl (C=O) groups is 1. The van der Waals surface area contributed by atoms with Crippen LogP contribution in [0.1, 0.15) is 27.3 Å². The van der Waals surface area contributed by atoms with Crippen LogP contribution in [0.4, 0.5) is 18.3 Å². The quantitative estimate of drug-likeness (QED) is 0.429. The fourth-order valence-electron chi connectivity index (χ4n) is 3.14. The molecule has 4 rings (SSSR count). The van der Waals surface area contributed by atoms with Crippen molar-refractivity contribution < 1.29 is 18.0 Å². The molecule has 0 aliphatic carbocycles. The molecule has 0 spiro atoms. The Bertz CT molecular complexity index is 1230. The molecule has 5 nitrogen and oxygen atoms in total. The summed E-state index contributed by atoms with van der Waals surface area (Å²) >= 11 is 1.20. The zero-order chi connectivity index (χ0) is 22.2. The van der Waals surface area contributed by atoms with Crippen molar-refractivity contribution in [2.75, 3.05) is 5.32 Å². The predicted octanol–water partition coefficient (Wildman–Crippen LogP) is 5.88. The molecule has 0 saturated carbocycles. The number of hydrogen-bond donors (Lipinski definition) is 1. The predicted molar refractivity (Wildman–Crippen MR) is 114 cm³/mol. The molecule has 2 heterocycles. The van der Waals surface area contributed by atoms with E-state index >= 15 is 0 Å². The monoisotopic (exact) mass is 442 g/mol. The number of anilines is 1. The number of alkyl halides is 3. The number of aryl methyl sites for hydroxylation is 2. The number of thiazole rings is 1. The molecule has 31 heavy (non-hydrogen) atoms. The van der Waals surface area contributed by atoms with Crippen LogP contribution in [0.2, 0.25) is 0 Å². The summed E-state index contributed by atoms with van der Waals surface area (Å²) in [6, 6.07) is 15.8. The van der Waals surface area contributed by atoms with Crippen LogP contribution in [-0.4, -0.2) is 20.7 Å². The Balaban J connectivity index is 1.67. The van der Waals surface area contributed by atoms with Gasteiger partial charge < -0.3 is 0 Å². The van der Waals surface area contributed by atoms with Crippen LogP contribution in [0.3, 0.4) is 0 Å². The molecule has 2 aromatic heterocycles. The third-order valence-electron chi connectivity index (χ3n) is 4.61. The lowest BCUT2D eigenvalue weighted by atomic mass is 10.2. The Hall–Kier alpha value is -3.46. The lowest BCUT2D eigenvalue weighted by Crippen LogP contribution is -2.20. The third kappa shape index (κ3) is 4.22. The number of nitrogens with zero attached hydrogens (tertiary/aromatic N) is 3. The fraction of sp³-hybridized carbons (Fsp3) is 0.136. The summed E-state index contributed by atoms with van der Waals surface area (Å²) in [6.07, 6.45) is -3.85. The Labute approximate surface area is 180 Å². The topological polar surface area (TPSA) is 59.8 Å². The van der Waals surface area contributed by atoms with Crippen molar-refractivity contribution in [2.45, 2.75) is 20.0 Å². The summed E-state index contributed by atoms with van der Waals surface area (Å²) < 4.78 is 42.3. The molecule has 0 saturated heterocycles. The van der Waals surface area contributed by atoms with Gasteiger partial charge in [0.1, 0.15) is 0 Å². The number of halogens is 3. The molecule has 4 aromatic rings. The molecular weight excluding hydrogens is 425 g/mol. The lowest BCUT2D eigenvalue weighted by molar-refractivity contribution is -0.143. The number of benzene rings is 2. The van der Waals surface area contributed by atoms with E-state index in [9.17, 15) is 18.0 Å². The summed E-state index contributed by atoms with van der Waals surface area (Å²) in [7, 11) is 0. The van der Waals surface area contributed by atoms with E-state index in [2.05, 4.69) is 15.4 Å². The molecule has 2 aromatic carbocycles. The van der Waals surface area contributed by atoms with Gasteiger partial charge in [-0.05, 0) is 31.5 Å². The van der Waals surface area contributed by atoms with Crippen LogP contribution in [0.15, 0.2) is 60.8 Å². The Kier molecular flexibility index (Phi) is 5.36. The van der Waals surface area contributed by atoms with Crippen molar-refractivity contribution in [3.63, 3.8) is 0 Å². The molecule has 158 valence electrons. The molecule has 0 aliphatic heterocycles. The van der Waals surface area contributed by atoms with E-state index in [1.807, 2.05) is 37.3 Å². The minimum atomic E-state index is -4.78. The highest BCUT2D eigenvalue weighted by Gasteiger charge is 2.40. The van der Waals surface area contributed by atoms with Crippen molar-refractivity contribution in [3.05, 3.63) is 83.3 Å². The minimum Gasteiger partial charge on any atom is -0.298 e. The Morgan fingerprint density at radius 1 is 1.03 bits per heavy atom. The Morgan fingerprint density at radius 2 is 1.71 bits per heavy atom. The number of aromatic nitrogens is 3. The molecule has 0 radical (unpaired) electrons. The second kappa shape index (κ2) is 7.99. The van der Waals surface area contributed by atoms with E-state index in [-0.39, 0.29) is 10.8 Å². The van der Waals surface area contributed by atoms with E-state index in [0.717, 1.165) is 26.9 Å². The van der Waals surface area contributed by atoms with Crippen LogP contribution in [0.25, 0.3) is 16.1 Å². The van der Waals surface area contributed by atoms with Gasteiger partial charge in [0.25, 0.3) is 5.91 Å². The number of nitrogens with one attached hydrogen (secondary N) is 1. The lowest BCUT2D eigenvalue weighted by Gasteiger charge is -2.12. The van der Waals surface area contributed by atoms with Gasteiger partial charge in [0.15, 0.2) is 10.8 Å². The highest BCUT2D eigenvalue weighted by atomic mass is 32.1. The molecule has 0 atom stereocenters. The first-order chi connectivity index (χ1) is 14.7. The SMILES string of the molecule is Cc1ccc(-n2ncc(C(=O)Nc3nc(C)c(-c4ccccc4)s3)c2C(F)(F)F)cc1. The van der Waals surface area contributed by atoms with Crippen LogP contribution in [0, 0.1) is 13.8 Å². The first-order valence-corrected chi connectivity index (χ1v) is 10.1. The van der Waals surface area contributed by atoms with E-state index in [1.54, 1.807) is 19.1 Å². The maximum absolute atomic E-state index is 13.8. The summed E-state index contributed by atoms with van der Waals surface area (Å²) in [5, 5.41) is 6.55. The van der Waals surface area contributed by atoms with Gasteiger partial charge in [-0.15, -0.1) is 0 Å². The number of amides is 1. The van der Waals surface area contributed by atoms with Crippen LogP contribution in [0.5, 0.6) is 0 Å². The summed E-state index contributed by atoms with van der Waals surface area (Å²) in [6.45, 7) is 3.61. The van der Waals surface area contributed by atoms with Gasteiger partial charge in [0, 0.05) is 0 Å². The van der Waals surface area contributed by atoms with Gasteiger partial charge in [-0.2, -0.15) is 18.3 Å². The molecule has 0 unspecified atom stereocenters. The molecular formula is C22H17F3N4OS. The van der Waals surface area contributed by atoms with Crippen LogP contribution >= 0.6 is 11.3 Å². The number of rotatable bonds is 4. The highest BCUT2D eigenvalue weighted by Crippen LogP contribution is 2.36. The summed E-state index contributed by atoms with van der Waals surface area (Å²) in [5.41, 5.74) is 1.01. The molecule has 1 N–H and O–H groups in total.